The Kier molecular flexibility index (Phi) is 5.39. The standard InChI is InChI=1S/C17H18F3N/c1-2-10-21-16(11-12-6-3-4-8-14(12)18)13-7-5-9-15(19)17(13)20/h3-9,16,21H,2,10-11H2,1H3. The molecule has 0 spiro atoms. The first-order chi connectivity index (χ1) is 10.1. The largest absolute Gasteiger partial charge is 0.310 e. The Morgan fingerprint density at radius 1 is 0.952 bits per heavy atom. The van der Waals surface area contributed by atoms with Crippen molar-refractivity contribution in [3.8, 4) is 0 Å². The van der Waals surface area contributed by atoms with Crippen LogP contribution >= 0.6 is 0 Å². The lowest BCUT2D eigenvalue weighted by molar-refractivity contribution is 0.455. The SMILES string of the molecule is CCCNC(Cc1ccccc1F)c1cccc(F)c1F. The molecule has 0 fully saturated rings. The van der Waals surface area contributed by atoms with E-state index in [0.717, 1.165) is 12.5 Å². The van der Waals surface area contributed by atoms with Crippen LogP contribution in [0.15, 0.2) is 42.5 Å². The van der Waals surface area contributed by atoms with Crippen LogP contribution in [0.4, 0.5) is 13.2 Å². The first-order valence-corrected chi connectivity index (χ1v) is 7.04. The molecule has 1 nitrogen and oxygen atoms in total. The van der Waals surface area contributed by atoms with Gasteiger partial charge in [0.15, 0.2) is 11.6 Å². The van der Waals surface area contributed by atoms with Gasteiger partial charge in [0.25, 0.3) is 0 Å². The minimum absolute atomic E-state index is 0.228. The molecule has 0 amide bonds. The predicted octanol–water partition coefficient (Wildman–Crippen LogP) is 4.39. The maximum Gasteiger partial charge on any atom is 0.163 e. The number of nitrogens with one attached hydrogen (secondary N) is 1. The van der Waals surface area contributed by atoms with Crippen molar-refractivity contribution < 1.29 is 13.2 Å². The summed E-state index contributed by atoms with van der Waals surface area (Å²) < 4.78 is 41.1. The van der Waals surface area contributed by atoms with Gasteiger partial charge in [-0.1, -0.05) is 37.3 Å². The van der Waals surface area contributed by atoms with Crippen molar-refractivity contribution in [2.45, 2.75) is 25.8 Å². The number of benzene rings is 2. The number of hydrogen-bond donors (Lipinski definition) is 1. The molecule has 0 aliphatic heterocycles. The van der Waals surface area contributed by atoms with Crippen LogP contribution in [0.5, 0.6) is 0 Å². The molecule has 112 valence electrons. The van der Waals surface area contributed by atoms with Crippen LogP contribution in [0.2, 0.25) is 0 Å². The van der Waals surface area contributed by atoms with Crippen LogP contribution in [0.3, 0.4) is 0 Å². The molecule has 1 atom stereocenters. The molecule has 0 heterocycles. The first-order valence-electron chi connectivity index (χ1n) is 7.04. The molecule has 0 aliphatic carbocycles. The Morgan fingerprint density at radius 2 is 1.67 bits per heavy atom. The van der Waals surface area contributed by atoms with Crippen LogP contribution in [0.1, 0.15) is 30.5 Å². The Hall–Kier alpha value is -1.81. The van der Waals surface area contributed by atoms with E-state index < -0.39 is 17.7 Å². The topological polar surface area (TPSA) is 12.0 Å². The molecule has 1 unspecified atom stereocenters. The summed E-state index contributed by atoms with van der Waals surface area (Å²) in [5, 5.41) is 3.16. The smallest absolute Gasteiger partial charge is 0.163 e. The van der Waals surface area contributed by atoms with Crippen LogP contribution in [-0.2, 0) is 6.42 Å². The molecular weight excluding hydrogens is 275 g/mol. The molecule has 2 aromatic rings. The van der Waals surface area contributed by atoms with Gasteiger partial charge >= 0.3 is 0 Å². The van der Waals surface area contributed by atoms with Crippen molar-refractivity contribution in [1.82, 2.24) is 5.32 Å². The maximum atomic E-state index is 14.0. The van der Waals surface area contributed by atoms with Gasteiger partial charge in [-0.25, -0.2) is 13.2 Å². The third-order valence-electron chi connectivity index (χ3n) is 3.38. The number of halogens is 3. The fourth-order valence-corrected chi connectivity index (χ4v) is 2.28. The second-order valence-electron chi connectivity index (χ2n) is 4.95. The maximum absolute atomic E-state index is 14.0. The lowest BCUT2D eigenvalue weighted by Crippen LogP contribution is -2.25. The third-order valence-corrected chi connectivity index (χ3v) is 3.38. The van der Waals surface area contributed by atoms with E-state index in [1.54, 1.807) is 18.2 Å². The van der Waals surface area contributed by atoms with E-state index in [9.17, 15) is 13.2 Å². The van der Waals surface area contributed by atoms with Gasteiger partial charge in [0.2, 0.25) is 0 Å². The summed E-state index contributed by atoms with van der Waals surface area (Å²) in [7, 11) is 0. The fourth-order valence-electron chi connectivity index (χ4n) is 2.28. The van der Waals surface area contributed by atoms with E-state index in [4.69, 9.17) is 0 Å². The Morgan fingerprint density at radius 3 is 2.38 bits per heavy atom. The van der Waals surface area contributed by atoms with E-state index in [0.29, 0.717) is 12.1 Å². The summed E-state index contributed by atoms with van der Waals surface area (Å²) in [6.45, 7) is 2.63. The molecule has 0 radical (unpaired) electrons. The summed E-state index contributed by atoms with van der Waals surface area (Å²) in [5.41, 5.74) is 0.710. The zero-order valence-corrected chi connectivity index (χ0v) is 11.9. The monoisotopic (exact) mass is 293 g/mol. The van der Waals surface area contributed by atoms with Crippen molar-refractivity contribution in [2.24, 2.45) is 0 Å². The summed E-state index contributed by atoms with van der Waals surface area (Å²) >= 11 is 0. The highest BCUT2D eigenvalue weighted by molar-refractivity contribution is 5.26. The normalized spacial score (nSPS) is 12.4. The molecule has 0 saturated carbocycles. The van der Waals surface area contributed by atoms with Crippen molar-refractivity contribution in [3.05, 3.63) is 71.0 Å². The van der Waals surface area contributed by atoms with Gasteiger partial charge in [0, 0.05) is 11.6 Å². The Labute approximate surface area is 122 Å². The van der Waals surface area contributed by atoms with Gasteiger partial charge in [-0.05, 0) is 37.1 Å². The van der Waals surface area contributed by atoms with Gasteiger partial charge in [-0.3, -0.25) is 0 Å². The average molecular weight is 293 g/mol. The molecule has 4 heteroatoms. The lowest BCUT2D eigenvalue weighted by Gasteiger charge is -2.20. The number of hydrogen-bond acceptors (Lipinski definition) is 1. The average Bonchev–Trinajstić information content (AvgIpc) is 2.48. The fraction of sp³-hybridized carbons (Fsp3) is 0.294. The van der Waals surface area contributed by atoms with Crippen LogP contribution in [0, 0.1) is 17.5 Å². The number of rotatable bonds is 6. The molecule has 2 rings (SSSR count). The highest BCUT2D eigenvalue weighted by Gasteiger charge is 2.19. The molecule has 2 aromatic carbocycles. The second-order valence-corrected chi connectivity index (χ2v) is 4.95. The van der Waals surface area contributed by atoms with Gasteiger partial charge in [-0.15, -0.1) is 0 Å². The van der Waals surface area contributed by atoms with Gasteiger partial charge < -0.3 is 5.32 Å². The van der Waals surface area contributed by atoms with E-state index in [1.807, 2.05) is 6.92 Å². The van der Waals surface area contributed by atoms with E-state index >= 15 is 0 Å². The van der Waals surface area contributed by atoms with Crippen LogP contribution in [-0.4, -0.2) is 6.54 Å². The zero-order valence-electron chi connectivity index (χ0n) is 11.9. The zero-order chi connectivity index (χ0) is 15.2. The minimum atomic E-state index is -0.885. The van der Waals surface area contributed by atoms with Crippen molar-refractivity contribution >= 4 is 0 Å². The van der Waals surface area contributed by atoms with Gasteiger partial charge in [0.05, 0.1) is 0 Å². The third kappa shape index (κ3) is 3.85. The van der Waals surface area contributed by atoms with E-state index in [-0.39, 0.29) is 17.8 Å². The molecule has 21 heavy (non-hydrogen) atoms. The molecule has 0 aliphatic rings. The van der Waals surface area contributed by atoms with Crippen LogP contribution < -0.4 is 5.32 Å². The van der Waals surface area contributed by atoms with E-state index in [2.05, 4.69) is 5.32 Å². The highest BCUT2D eigenvalue weighted by Crippen LogP contribution is 2.24. The van der Waals surface area contributed by atoms with Crippen molar-refractivity contribution in [1.29, 1.82) is 0 Å². The molecule has 0 bridgehead atoms. The molecular formula is C17H18F3N. The van der Waals surface area contributed by atoms with Gasteiger partial charge in [-0.2, -0.15) is 0 Å². The second kappa shape index (κ2) is 7.27. The lowest BCUT2D eigenvalue weighted by atomic mass is 9.97. The summed E-state index contributed by atoms with van der Waals surface area (Å²) in [4.78, 5) is 0. The summed E-state index contributed by atoms with van der Waals surface area (Å²) in [6, 6.07) is 9.99. The van der Waals surface area contributed by atoms with Crippen LogP contribution in [0.25, 0.3) is 0 Å². The van der Waals surface area contributed by atoms with E-state index in [1.165, 1.54) is 18.2 Å². The summed E-state index contributed by atoms with van der Waals surface area (Å²) in [5.74, 6) is -2.09. The molecule has 0 saturated heterocycles. The Balaban J connectivity index is 2.30. The highest BCUT2D eigenvalue weighted by atomic mass is 19.2. The Bertz CT molecular complexity index is 598. The van der Waals surface area contributed by atoms with Crippen molar-refractivity contribution in [3.63, 3.8) is 0 Å². The van der Waals surface area contributed by atoms with Crippen molar-refractivity contribution in [2.75, 3.05) is 6.54 Å². The minimum Gasteiger partial charge on any atom is -0.310 e. The van der Waals surface area contributed by atoms with Gasteiger partial charge in [0.1, 0.15) is 5.82 Å². The first kappa shape index (κ1) is 15.6. The quantitative estimate of drug-likeness (QED) is 0.833. The summed E-state index contributed by atoms with van der Waals surface area (Å²) in [6.07, 6.45) is 1.12. The predicted molar refractivity (Wildman–Crippen MR) is 77.5 cm³/mol. The molecule has 1 N–H and O–H groups in total. The molecule has 0 aromatic heterocycles.